The van der Waals surface area contributed by atoms with Crippen molar-refractivity contribution >= 4 is 5.69 Å². The number of benzene rings is 1. The van der Waals surface area contributed by atoms with E-state index in [1.807, 2.05) is 16.9 Å². The van der Waals surface area contributed by atoms with Gasteiger partial charge in [-0.1, -0.05) is 19.3 Å². The number of hydrogen-bond donors (Lipinski definition) is 1. The summed E-state index contributed by atoms with van der Waals surface area (Å²) in [5, 5.41) is 7.51. The van der Waals surface area contributed by atoms with Crippen LogP contribution in [0.3, 0.4) is 0 Å². The van der Waals surface area contributed by atoms with Gasteiger partial charge in [0.1, 0.15) is 11.6 Å². The second-order valence-electron chi connectivity index (χ2n) is 5.56. The highest BCUT2D eigenvalue weighted by Gasteiger charge is 2.16. The molecule has 1 aromatic heterocycles. The van der Waals surface area contributed by atoms with Crippen molar-refractivity contribution in [2.45, 2.75) is 44.7 Å². The molecule has 1 fully saturated rings. The van der Waals surface area contributed by atoms with Crippen LogP contribution in [0.15, 0.2) is 30.5 Å². The van der Waals surface area contributed by atoms with Crippen molar-refractivity contribution in [3.8, 4) is 0 Å². The first kappa shape index (κ1) is 14.0. The third-order valence-corrected chi connectivity index (χ3v) is 4.00. The SMILES string of the molecule is Fc1ccc(NCc2ccn(C3CCCCC3)n2)c(F)c1. The molecule has 1 saturated carbocycles. The molecule has 5 heteroatoms. The highest BCUT2D eigenvalue weighted by atomic mass is 19.1. The molecule has 112 valence electrons. The van der Waals surface area contributed by atoms with E-state index in [9.17, 15) is 8.78 Å². The Balaban J connectivity index is 1.61. The lowest BCUT2D eigenvalue weighted by atomic mass is 9.96. The summed E-state index contributed by atoms with van der Waals surface area (Å²) < 4.78 is 28.4. The van der Waals surface area contributed by atoms with Crippen molar-refractivity contribution in [1.82, 2.24) is 9.78 Å². The third kappa shape index (κ3) is 3.40. The van der Waals surface area contributed by atoms with Crippen LogP contribution in [0.25, 0.3) is 0 Å². The topological polar surface area (TPSA) is 29.9 Å². The molecule has 0 saturated heterocycles. The van der Waals surface area contributed by atoms with E-state index in [2.05, 4.69) is 10.4 Å². The summed E-state index contributed by atoms with van der Waals surface area (Å²) in [4.78, 5) is 0. The monoisotopic (exact) mass is 291 g/mol. The van der Waals surface area contributed by atoms with Crippen LogP contribution in [0, 0.1) is 11.6 Å². The van der Waals surface area contributed by atoms with Gasteiger partial charge in [-0.25, -0.2) is 8.78 Å². The molecule has 1 heterocycles. The molecule has 1 aliphatic carbocycles. The zero-order valence-corrected chi connectivity index (χ0v) is 11.9. The first-order valence-electron chi connectivity index (χ1n) is 7.45. The summed E-state index contributed by atoms with van der Waals surface area (Å²) in [5.74, 6) is -1.15. The zero-order valence-electron chi connectivity index (χ0n) is 11.9. The predicted molar refractivity (Wildman–Crippen MR) is 78.0 cm³/mol. The number of anilines is 1. The van der Waals surface area contributed by atoms with E-state index in [-0.39, 0.29) is 0 Å². The van der Waals surface area contributed by atoms with Crippen LogP contribution in [0.1, 0.15) is 43.8 Å². The van der Waals surface area contributed by atoms with Crippen molar-refractivity contribution in [1.29, 1.82) is 0 Å². The molecule has 0 atom stereocenters. The largest absolute Gasteiger partial charge is 0.377 e. The number of nitrogens with zero attached hydrogens (tertiary/aromatic N) is 2. The van der Waals surface area contributed by atoms with Gasteiger partial charge in [0, 0.05) is 12.3 Å². The van der Waals surface area contributed by atoms with Gasteiger partial charge in [0.2, 0.25) is 0 Å². The Hall–Kier alpha value is -1.91. The van der Waals surface area contributed by atoms with Gasteiger partial charge in [-0.2, -0.15) is 5.10 Å². The van der Waals surface area contributed by atoms with Crippen LogP contribution in [0.5, 0.6) is 0 Å². The van der Waals surface area contributed by atoms with Gasteiger partial charge in [-0.3, -0.25) is 4.68 Å². The smallest absolute Gasteiger partial charge is 0.149 e. The fourth-order valence-electron chi connectivity index (χ4n) is 2.84. The maximum atomic E-state index is 13.5. The van der Waals surface area contributed by atoms with Crippen LogP contribution in [-0.2, 0) is 6.54 Å². The van der Waals surface area contributed by atoms with Gasteiger partial charge in [-0.15, -0.1) is 0 Å². The maximum Gasteiger partial charge on any atom is 0.149 e. The molecule has 1 N–H and O–H groups in total. The fourth-order valence-corrected chi connectivity index (χ4v) is 2.84. The minimum Gasteiger partial charge on any atom is -0.377 e. The average Bonchev–Trinajstić information content (AvgIpc) is 2.96. The molecule has 3 rings (SSSR count). The first-order valence-corrected chi connectivity index (χ1v) is 7.45. The van der Waals surface area contributed by atoms with Gasteiger partial charge < -0.3 is 5.32 Å². The Morgan fingerprint density at radius 1 is 1.14 bits per heavy atom. The van der Waals surface area contributed by atoms with E-state index in [0.717, 1.165) is 11.8 Å². The molecule has 0 spiro atoms. The molecule has 0 aliphatic heterocycles. The summed E-state index contributed by atoms with van der Waals surface area (Å²) in [6, 6.07) is 5.97. The van der Waals surface area contributed by atoms with Gasteiger partial charge in [-0.05, 0) is 31.0 Å². The molecular weight excluding hydrogens is 272 g/mol. The molecule has 1 aromatic carbocycles. The summed E-state index contributed by atoms with van der Waals surface area (Å²) in [6.07, 6.45) is 8.20. The summed E-state index contributed by atoms with van der Waals surface area (Å²) in [5.41, 5.74) is 1.16. The molecule has 2 aromatic rings. The van der Waals surface area contributed by atoms with Crippen molar-refractivity contribution in [2.24, 2.45) is 0 Å². The second kappa shape index (κ2) is 6.24. The highest BCUT2D eigenvalue weighted by Crippen LogP contribution is 2.27. The molecule has 0 radical (unpaired) electrons. The van der Waals surface area contributed by atoms with Crippen molar-refractivity contribution in [3.05, 3.63) is 47.8 Å². The summed E-state index contributed by atoms with van der Waals surface area (Å²) in [6.45, 7) is 0.433. The van der Waals surface area contributed by atoms with E-state index in [1.54, 1.807) is 0 Å². The van der Waals surface area contributed by atoms with Gasteiger partial charge in [0.15, 0.2) is 0 Å². The number of aromatic nitrogens is 2. The predicted octanol–water partition coefficient (Wildman–Crippen LogP) is 4.28. The normalized spacial score (nSPS) is 16.1. The fraction of sp³-hybridized carbons (Fsp3) is 0.438. The average molecular weight is 291 g/mol. The Kier molecular flexibility index (Phi) is 4.18. The van der Waals surface area contributed by atoms with E-state index >= 15 is 0 Å². The van der Waals surface area contributed by atoms with Crippen LogP contribution in [0.4, 0.5) is 14.5 Å². The van der Waals surface area contributed by atoms with Gasteiger partial charge in [0.25, 0.3) is 0 Å². The minimum absolute atomic E-state index is 0.295. The van der Waals surface area contributed by atoms with E-state index in [0.29, 0.717) is 18.3 Å². The molecule has 0 amide bonds. The Morgan fingerprint density at radius 2 is 1.95 bits per heavy atom. The van der Waals surface area contributed by atoms with Crippen LogP contribution in [-0.4, -0.2) is 9.78 Å². The number of rotatable bonds is 4. The van der Waals surface area contributed by atoms with E-state index in [1.165, 1.54) is 44.2 Å². The van der Waals surface area contributed by atoms with Crippen molar-refractivity contribution in [3.63, 3.8) is 0 Å². The van der Waals surface area contributed by atoms with Gasteiger partial charge in [0.05, 0.1) is 24.0 Å². The molecule has 3 nitrogen and oxygen atoms in total. The lowest BCUT2D eigenvalue weighted by molar-refractivity contribution is 0.328. The third-order valence-electron chi connectivity index (χ3n) is 4.00. The van der Waals surface area contributed by atoms with Crippen molar-refractivity contribution in [2.75, 3.05) is 5.32 Å². The number of nitrogens with one attached hydrogen (secondary N) is 1. The highest BCUT2D eigenvalue weighted by molar-refractivity contribution is 5.44. The van der Waals surface area contributed by atoms with Crippen LogP contribution < -0.4 is 5.32 Å². The minimum atomic E-state index is -0.582. The first-order chi connectivity index (χ1) is 10.2. The molecule has 0 unspecified atom stereocenters. The lowest BCUT2D eigenvalue weighted by Gasteiger charge is -2.21. The second-order valence-corrected chi connectivity index (χ2v) is 5.56. The Labute approximate surface area is 123 Å². The lowest BCUT2D eigenvalue weighted by Crippen LogP contribution is -2.14. The Morgan fingerprint density at radius 3 is 2.71 bits per heavy atom. The quantitative estimate of drug-likeness (QED) is 0.911. The zero-order chi connectivity index (χ0) is 14.7. The van der Waals surface area contributed by atoms with E-state index in [4.69, 9.17) is 0 Å². The molecular formula is C16H19F2N3. The van der Waals surface area contributed by atoms with Crippen LogP contribution in [0.2, 0.25) is 0 Å². The van der Waals surface area contributed by atoms with Crippen molar-refractivity contribution < 1.29 is 8.78 Å². The summed E-state index contributed by atoms with van der Waals surface area (Å²) >= 11 is 0. The number of hydrogen-bond acceptors (Lipinski definition) is 2. The van der Waals surface area contributed by atoms with Gasteiger partial charge >= 0.3 is 0 Å². The number of halogens is 2. The van der Waals surface area contributed by atoms with Crippen LogP contribution >= 0.6 is 0 Å². The molecule has 21 heavy (non-hydrogen) atoms. The molecule has 0 bridgehead atoms. The Bertz CT molecular complexity index is 603. The maximum absolute atomic E-state index is 13.5. The summed E-state index contributed by atoms with van der Waals surface area (Å²) in [7, 11) is 0. The molecule has 1 aliphatic rings. The standard InChI is InChI=1S/C16H19F2N3/c17-12-6-7-16(15(18)10-12)19-11-13-8-9-21(20-13)14-4-2-1-3-5-14/h6-10,14,19H,1-5,11H2. The van der Waals surface area contributed by atoms with E-state index < -0.39 is 11.6 Å².